The molecule has 33 heavy (non-hydrogen) atoms. The number of nitrogens with one attached hydrogen (secondary N) is 1. The fourth-order valence-electron chi connectivity index (χ4n) is 4.25. The Labute approximate surface area is 201 Å². The van der Waals surface area contributed by atoms with Crippen LogP contribution < -0.4 is 5.32 Å². The predicted octanol–water partition coefficient (Wildman–Crippen LogP) is 5.37. The van der Waals surface area contributed by atoms with Gasteiger partial charge < -0.3 is 19.5 Å². The number of allylic oxidation sites excluding steroid dienone is 1. The van der Waals surface area contributed by atoms with Gasteiger partial charge in [-0.25, -0.2) is 4.39 Å². The zero-order valence-corrected chi connectivity index (χ0v) is 19.5. The molecular weight excluding hydrogens is 463 g/mol. The fourth-order valence-corrected chi connectivity index (χ4v) is 4.77. The van der Waals surface area contributed by atoms with Crippen molar-refractivity contribution in [2.75, 3.05) is 13.2 Å². The Balaban J connectivity index is 1.57. The van der Waals surface area contributed by atoms with Crippen LogP contribution in [0.15, 0.2) is 58.8 Å². The van der Waals surface area contributed by atoms with Gasteiger partial charge in [-0.05, 0) is 61.8 Å². The third kappa shape index (κ3) is 4.51. The first-order chi connectivity index (χ1) is 16.0. The molecule has 0 spiro atoms. The Morgan fingerprint density at radius 3 is 2.79 bits per heavy atom. The Morgan fingerprint density at radius 2 is 2.06 bits per heavy atom. The van der Waals surface area contributed by atoms with Crippen molar-refractivity contribution in [3.63, 3.8) is 0 Å². The van der Waals surface area contributed by atoms with Gasteiger partial charge in [-0.2, -0.15) is 4.98 Å². The molecule has 3 heterocycles. The van der Waals surface area contributed by atoms with E-state index in [1.54, 1.807) is 24.3 Å². The van der Waals surface area contributed by atoms with E-state index in [9.17, 15) is 4.39 Å². The van der Waals surface area contributed by atoms with E-state index in [4.69, 9.17) is 33.1 Å². The van der Waals surface area contributed by atoms with Gasteiger partial charge in [-0.15, -0.1) is 0 Å². The molecule has 1 aromatic heterocycles. The average Bonchev–Trinajstić information content (AvgIpc) is 3.49. The molecular formula is C24H22ClFN4O2S. The quantitative estimate of drug-likeness (QED) is 0.488. The second kappa shape index (κ2) is 9.21. The number of halogens is 2. The van der Waals surface area contributed by atoms with Gasteiger partial charge in [-0.1, -0.05) is 41.0 Å². The maximum atomic E-state index is 13.6. The van der Waals surface area contributed by atoms with Crippen LogP contribution in [-0.4, -0.2) is 39.4 Å². The van der Waals surface area contributed by atoms with Crippen molar-refractivity contribution in [2.45, 2.75) is 31.9 Å². The lowest BCUT2D eigenvalue weighted by atomic mass is 9.94. The van der Waals surface area contributed by atoms with Crippen LogP contribution in [0.5, 0.6) is 0 Å². The molecule has 5 rings (SSSR count). The topological polar surface area (TPSA) is 63.4 Å². The van der Waals surface area contributed by atoms with E-state index < -0.39 is 0 Å². The SMILES string of the molecule is CC1=C(c2nc(-c3cccc(Cl)c3)no2)C(c2ccc(F)cc2)NC(=S)N1CC1CCCO1. The molecule has 0 bridgehead atoms. The molecule has 9 heteroatoms. The molecule has 0 amide bonds. The van der Waals surface area contributed by atoms with Crippen LogP contribution in [-0.2, 0) is 4.74 Å². The van der Waals surface area contributed by atoms with Crippen LogP contribution in [0.25, 0.3) is 17.0 Å². The molecule has 2 aromatic carbocycles. The molecule has 1 N–H and O–H groups in total. The van der Waals surface area contributed by atoms with Crippen LogP contribution in [0, 0.1) is 5.82 Å². The van der Waals surface area contributed by atoms with E-state index in [1.807, 2.05) is 24.0 Å². The third-order valence-electron chi connectivity index (χ3n) is 5.95. The molecule has 2 unspecified atom stereocenters. The smallest absolute Gasteiger partial charge is 0.258 e. The van der Waals surface area contributed by atoms with Gasteiger partial charge in [0.1, 0.15) is 5.82 Å². The summed E-state index contributed by atoms with van der Waals surface area (Å²) >= 11 is 11.8. The molecule has 2 atom stereocenters. The molecule has 3 aromatic rings. The van der Waals surface area contributed by atoms with Crippen molar-refractivity contribution < 1.29 is 13.7 Å². The lowest BCUT2D eigenvalue weighted by Gasteiger charge is -2.38. The first-order valence-corrected chi connectivity index (χ1v) is 11.5. The summed E-state index contributed by atoms with van der Waals surface area (Å²) in [6.45, 7) is 3.38. The lowest BCUT2D eigenvalue weighted by molar-refractivity contribution is 0.0962. The van der Waals surface area contributed by atoms with Gasteiger partial charge >= 0.3 is 0 Å². The normalized spacial score (nSPS) is 20.9. The zero-order valence-electron chi connectivity index (χ0n) is 17.9. The first kappa shape index (κ1) is 22.0. The first-order valence-electron chi connectivity index (χ1n) is 10.8. The fraction of sp³-hybridized carbons (Fsp3) is 0.292. The molecule has 1 fully saturated rings. The number of hydrogen-bond donors (Lipinski definition) is 1. The van der Waals surface area contributed by atoms with Crippen molar-refractivity contribution in [3.05, 3.63) is 76.5 Å². The second-order valence-electron chi connectivity index (χ2n) is 8.11. The number of rotatable bonds is 5. The third-order valence-corrected chi connectivity index (χ3v) is 6.52. The maximum Gasteiger partial charge on any atom is 0.258 e. The number of hydrogen-bond acceptors (Lipinski definition) is 5. The summed E-state index contributed by atoms with van der Waals surface area (Å²) in [5.74, 6) is 0.494. The maximum absolute atomic E-state index is 13.6. The molecule has 0 saturated carbocycles. The summed E-state index contributed by atoms with van der Waals surface area (Å²) in [7, 11) is 0. The van der Waals surface area contributed by atoms with Gasteiger partial charge in [0.15, 0.2) is 5.11 Å². The molecule has 2 aliphatic rings. The van der Waals surface area contributed by atoms with Crippen LogP contribution in [0.3, 0.4) is 0 Å². The standard InChI is InChI=1S/C24H22ClFN4O2S/c1-14-20(23-28-22(29-32-23)16-4-2-5-17(25)12-16)21(15-7-9-18(26)10-8-15)27-24(33)30(14)13-19-6-3-11-31-19/h2,4-5,7-10,12,19,21H,3,6,11,13H2,1H3,(H,27,33). The largest absolute Gasteiger partial charge is 0.376 e. The highest BCUT2D eigenvalue weighted by molar-refractivity contribution is 7.80. The molecule has 0 aliphatic carbocycles. The molecule has 1 saturated heterocycles. The van der Waals surface area contributed by atoms with E-state index in [0.29, 0.717) is 28.4 Å². The monoisotopic (exact) mass is 484 g/mol. The number of thiocarbonyl (C=S) groups is 1. The second-order valence-corrected chi connectivity index (χ2v) is 8.94. The van der Waals surface area contributed by atoms with E-state index >= 15 is 0 Å². The number of aromatic nitrogens is 2. The van der Waals surface area contributed by atoms with Crippen LogP contribution in [0.1, 0.15) is 37.3 Å². The molecule has 0 radical (unpaired) electrons. The highest BCUT2D eigenvalue weighted by atomic mass is 35.5. The van der Waals surface area contributed by atoms with Gasteiger partial charge in [0.2, 0.25) is 5.82 Å². The van der Waals surface area contributed by atoms with E-state index in [0.717, 1.165) is 41.8 Å². The van der Waals surface area contributed by atoms with E-state index in [1.165, 1.54) is 12.1 Å². The highest BCUT2D eigenvalue weighted by Crippen LogP contribution is 2.38. The Morgan fingerprint density at radius 1 is 1.24 bits per heavy atom. The van der Waals surface area contributed by atoms with Crippen molar-refractivity contribution in [1.29, 1.82) is 0 Å². The number of benzene rings is 2. The minimum absolute atomic E-state index is 0.105. The van der Waals surface area contributed by atoms with E-state index in [-0.39, 0.29) is 18.0 Å². The van der Waals surface area contributed by atoms with Crippen LogP contribution in [0.2, 0.25) is 5.02 Å². The van der Waals surface area contributed by atoms with E-state index in [2.05, 4.69) is 15.5 Å². The molecule has 2 aliphatic heterocycles. The Bertz CT molecular complexity index is 1210. The summed E-state index contributed by atoms with van der Waals surface area (Å²) in [5, 5.41) is 8.74. The van der Waals surface area contributed by atoms with Gasteiger partial charge in [0.05, 0.1) is 24.3 Å². The number of nitrogens with zero attached hydrogens (tertiary/aromatic N) is 3. The minimum Gasteiger partial charge on any atom is -0.376 e. The average molecular weight is 485 g/mol. The van der Waals surface area contributed by atoms with Crippen molar-refractivity contribution >= 4 is 34.5 Å². The molecule has 170 valence electrons. The van der Waals surface area contributed by atoms with Crippen molar-refractivity contribution in [1.82, 2.24) is 20.4 Å². The highest BCUT2D eigenvalue weighted by Gasteiger charge is 2.35. The van der Waals surface area contributed by atoms with Gasteiger partial charge in [0.25, 0.3) is 5.89 Å². The minimum atomic E-state index is -0.369. The van der Waals surface area contributed by atoms with Crippen LogP contribution in [0.4, 0.5) is 4.39 Å². The van der Waals surface area contributed by atoms with Crippen molar-refractivity contribution in [3.8, 4) is 11.4 Å². The summed E-state index contributed by atoms with van der Waals surface area (Å²) in [5.41, 5.74) is 3.27. The van der Waals surface area contributed by atoms with Gasteiger partial charge in [0, 0.05) is 22.9 Å². The van der Waals surface area contributed by atoms with Crippen molar-refractivity contribution in [2.24, 2.45) is 0 Å². The lowest BCUT2D eigenvalue weighted by Crippen LogP contribution is -2.48. The summed E-state index contributed by atoms with van der Waals surface area (Å²) in [6.07, 6.45) is 2.13. The summed E-state index contributed by atoms with van der Waals surface area (Å²) in [4.78, 5) is 6.69. The Hall–Kier alpha value is -2.81. The molecule has 6 nitrogen and oxygen atoms in total. The number of ether oxygens (including phenoxy) is 1. The predicted molar refractivity (Wildman–Crippen MR) is 128 cm³/mol. The summed E-state index contributed by atoms with van der Waals surface area (Å²) in [6, 6.07) is 13.2. The van der Waals surface area contributed by atoms with Gasteiger partial charge in [-0.3, -0.25) is 0 Å². The Kier molecular flexibility index (Phi) is 6.14. The van der Waals surface area contributed by atoms with Crippen LogP contribution >= 0.6 is 23.8 Å². The zero-order chi connectivity index (χ0) is 22.9. The summed E-state index contributed by atoms with van der Waals surface area (Å²) < 4.78 is 25.2.